The van der Waals surface area contributed by atoms with Gasteiger partial charge >= 0.3 is 18.0 Å². The Morgan fingerprint density at radius 3 is 1.83 bits per heavy atom. The van der Waals surface area contributed by atoms with Crippen molar-refractivity contribution in [2.75, 3.05) is 24.2 Å². The summed E-state index contributed by atoms with van der Waals surface area (Å²) in [6.45, 7) is 8.24. The molecule has 12 nitrogen and oxygen atoms in total. The van der Waals surface area contributed by atoms with Crippen LogP contribution in [0.15, 0.2) is 48.5 Å². The highest BCUT2D eigenvalue weighted by Crippen LogP contribution is 2.31. The molecule has 1 heterocycles. The molecule has 6 N–H and O–H groups in total. The smallest absolute Gasteiger partial charge is 0.326 e. The highest BCUT2D eigenvalue weighted by atomic mass is 16.4. The van der Waals surface area contributed by atoms with Gasteiger partial charge in [0.25, 0.3) is 0 Å². The first kappa shape index (κ1) is 36.0. The fourth-order valence-electron chi connectivity index (χ4n) is 5.52. The molecule has 0 aromatic heterocycles. The number of amides is 4. The van der Waals surface area contributed by atoms with E-state index in [4.69, 9.17) is 0 Å². The number of aryl methyl sites for hydroxylation is 1. The highest BCUT2D eigenvalue weighted by Gasteiger charge is 2.36. The lowest BCUT2D eigenvalue weighted by Crippen LogP contribution is -2.48. The standard InChI is InChI=1S/C34H47N5O7/c1-21-10-14-24(15-11-21)35-33(46)36-25-16-12-22(13-17-25)23-18-28(39(5)20-23)30(41)38-27(32(44)45)9-7-6-8-26(31(42)43)37-29(40)19-34(2,3)4/h10-17,23,26-28H,6-9,18-20H2,1-5H3,(H,37,40)(H,38,41)(H,42,43)(H,44,45)(H2,35,36,46). The Balaban J connectivity index is 1.47. The first-order valence-electron chi connectivity index (χ1n) is 15.6. The molecule has 3 rings (SSSR count). The van der Waals surface area contributed by atoms with Crippen LogP contribution < -0.4 is 21.3 Å². The van der Waals surface area contributed by atoms with Gasteiger partial charge in [-0.2, -0.15) is 0 Å². The number of unbranched alkanes of at least 4 members (excludes halogenated alkanes) is 1. The topological polar surface area (TPSA) is 177 Å². The zero-order chi connectivity index (χ0) is 34.0. The maximum absolute atomic E-state index is 13.2. The Morgan fingerprint density at radius 2 is 1.33 bits per heavy atom. The van der Waals surface area contributed by atoms with Crippen LogP contribution in [0.1, 0.15) is 76.3 Å². The summed E-state index contributed by atoms with van der Waals surface area (Å²) >= 11 is 0. The number of carbonyl (C=O) groups excluding carboxylic acids is 3. The van der Waals surface area contributed by atoms with Gasteiger partial charge in [0.05, 0.1) is 6.04 Å². The van der Waals surface area contributed by atoms with E-state index in [2.05, 4.69) is 21.3 Å². The minimum Gasteiger partial charge on any atom is -0.480 e. The quantitative estimate of drug-likeness (QED) is 0.163. The molecule has 2 aromatic rings. The second-order valence-corrected chi connectivity index (χ2v) is 13.3. The Bertz CT molecular complexity index is 1370. The van der Waals surface area contributed by atoms with Crippen molar-refractivity contribution >= 4 is 41.2 Å². The van der Waals surface area contributed by atoms with E-state index in [1.807, 2.05) is 88.2 Å². The summed E-state index contributed by atoms with van der Waals surface area (Å²) in [7, 11) is 1.82. The lowest BCUT2D eigenvalue weighted by atomic mass is 9.91. The third-order valence-electron chi connectivity index (χ3n) is 7.97. The predicted molar refractivity (Wildman–Crippen MR) is 176 cm³/mol. The van der Waals surface area contributed by atoms with Crippen molar-refractivity contribution in [1.29, 1.82) is 0 Å². The largest absolute Gasteiger partial charge is 0.480 e. The monoisotopic (exact) mass is 637 g/mol. The van der Waals surface area contributed by atoms with Gasteiger partial charge in [0, 0.05) is 24.3 Å². The number of hydrogen-bond donors (Lipinski definition) is 6. The number of carboxylic acids is 2. The molecule has 1 aliphatic rings. The van der Waals surface area contributed by atoms with Crippen LogP contribution in [0.25, 0.3) is 0 Å². The predicted octanol–water partition coefficient (Wildman–Crippen LogP) is 4.56. The number of rotatable bonds is 14. The van der Waals surface area contributed by atoms with E-state index < -0.39 is 30.1 Å². The molecule has 250 valence electrons. The molecule has 0 bridgehead atoms. The average molecular weight is 638 g/mol. The Morgan fingerprint density at radius 1 is 0.826 bits per heavy atom. The number of nitrogens with zero attached hydrogens (tertiary/aromatic N) is 1. The molecule has 1 aliphatic heterocycles. The fourth-order valence-corrected chi connectivity index (χ4v) is 5.52. The van der Waals surface area contributed by atoms with Crippen LogP contribution in [0.4, 0.5) is 16.2 Å². The molecule has 0 aliphatic carbocycles. The molecule has 4 amide bonds. The van der Waals surface area contributed by atoms with Crippen LogP contribution in [-0.4, -0.2) is 76.6 Å². The van der Waals surface area contributed by atoms with Gasteiger partial charge in [0.2, 0.25) is 11.8 Å². The third-order valence-corrected chi connectivity index (χ3v) is 7.97. The number of hydrogen-bond acceptors (Lipinski definition) is 6. The first-order valence-corrected chi connectivity index (χ1v) is 15.6. The molecule has 0 radical (unpaired) electrons. The van der Waals surface area contributed by atoms with E-state index >= 15 is 0 Å². The van der Waals surface area contributed by atoms with Gasteiger partial charge < -0.3 is 31.5 Å². The lowest BCUT2D eigenvalue weighted by Gasteiger charge is -2.22. The van der Waals surface area contributed by atoms with E-state index in [1.54, 1.807) is 0 Å². The second kappa shape index (κ2) is 16.2. The van der Waals surface area contributed by atoms with Crippen molar-refractivity contribution in [2.24, 2.45) is 5.41 Å². The molecule has 0 spiro atoms. The van der Waals surface area contributed by atoms with Crippen molar-refractivity contribution in [3.63, 3.8) is 0 Å². The van der Waals surface area contributed by atoms with Gasteiger partial charge in [-0.05, 0) is 74.4 Å². The molecule has 4 unspecified atom stereocenters. The SMILES string of the molecule is Cc1ccc(NC(=O)Nc2ccc(C3CC(C(=O)NC(CCCCC(NC(=O)CC(C)(C)C)C(=O)O)C(=O)O)N(C)C3)cc2)cc1. The van der Waals surface area contributed by atoms with Crippen molar-refractivity contribution in [2.45, 2.75) is 90.3 Å². The average Bonchev–Trinajstić information content (AvgIpc) is 3.35. The summed E-state index contributed by atoms with van der Waals surface area (Å²) in [4.78, 5) is 63.2. The molecule has 1 fully saturated rings. The number of urea groups is 1. The van der Waals surface area contributed by atoms with E-state index in [-0.39, 0.29) is 48.4 Å². The molecular weight excluding hydrogens is 590 g/mol. The van der Waals surface area contributed by atoms with Gasteiger partial charge in [-0.25, -0.2) is 14.4 Å². The normalized spacial score (nSPS) is 17.8. The van der Waals surface area contributed by atoms with Crippen molar-refractivity contribution in [1.82, 2.24) is 15.5 Å². The summed E-state index contributed by atoms with van der Waals surface area (Å²) in [6, 6.07) is 11.9. The van der Waals surface area contributed by atoms with Crippen LogP contribution >= 0.6 is 0 Å². The molecule has 1 saturated heterocycles. The van der Waals surface area contributed by atoms with E-state index in [0.717, 1.165) is 11.1 Å². The zero-order valence-electron chi connectivity index (χ0n) is 27.3. The molecular formula is C34H47N5O7. The number of benzene rings is 2. The lowest BCUT2D eigenvalue weighted by molar-refractivity contribution is -0.143. The molecule has 46 heavy (non-hydrogen) atoms. The number of anilines is 2. The fraction of sp³-hybridized carbons (Fsp3) is 0.500. The van der Waals surface area contributed by atoms with Gasteiger partial charge in [-0.3, -0.25) is 14.5 Å². The third kappa shape index (κ3) is 11.5. The van der Waals surface area contributed by atoms with Gasteiger partial charge in [0.15, 0.2) is 0 Å². The number of carboxylic acid groups (broad SMARTS) is 2. The van der Waals surface area contributed by atoms with E-state index in [0.29, 0.717) is 37.2 Å². The first-order chi connectivity index (χ1) is 21.6. The van der Waals surface area contributed by atoms with Crippen molar-refractivity contribution in [3.05, 3.63) is 59.7 Å². The van der Waals surface area contributed by atoms with Crippen LogP contribution in [-0.2, 0) is 19.2 Å². The number of nitrogens with one attached hydrogen (secondary N) is 4. The van der Waals surface area contributed by atoms with E-state index in [9.17, 15) is 34.2 Å². The van der Waals surface area contributed by atoms with Crippen LogP contribution in [0.3, 0.4) is 0 Å². The molecule has 4 atom stereocenters. The Hall–Kier alpha value is -4.45. The number of aliphatic carboxylic acids is 2. The summed E-state index contributed by atoms with van der Waals surface area (Å²) in [5.74, 6) is -2.97. The van der Waals surface area contributed by atoms with Crippen LogP contribution in [0.5, 0.6) is 0 Å². The van der Waals surface area contributed by atoms with Gasteiger partial charge in [-0.15, -0.1) is 0 Å². The highest BCUT2D eigenvalue weighted by molar-refractivity contribution is 5.99. The molecule has 2 aromatic carbocycles. The summed E-state index contributed by atoms with van der Waals surface area (Å²) in [5.41, 5.74) is 3.13. The summed E-state index contributed by atoms with van der Waals surface area (Å²) in [6.07, 6.45) is 1.72. The minimum atomic E-state index is -1.16. The maximum atomic E-state index is 13.2. The molecule has 0 saturated carbocycles. The summed E-state index contributed by atoms with van der Waals surface area (Å²) < 4.78 is 0. The second-order valence-electron chi connectivity index (χ2n) is 13.3. The van der Waals surface area contributed by atoms with Crippen LogP contribution in [0, 0.1) is 12.3 Å². The number of carbonyl (C=O) groups is 5. The van der Waals surface area contributed by atoms with Gasteiger partial charge in [-0.1, -0.05) is 63.4 Å². The van der Waals surface area contributed by atoms with Crippen molar-refractivity contribution < 1.29 is 34.2 Å². The molecule has 12 heteroatoms. The minimum absolute atomic E-state index is 0.0425. The summed E-state index contributed by atoms with van der Waals surface area (Å²) in [5, 5.41) is 30.1. The number of likely N-dealkylation sites (tertiary alicyclic amines) is 1. The Labute approximate surface area is 270 Å². The maximum Gasteiger partial charge on any atom is 0.326 e. The van der Waals surface area contributed by atoms with Crippen molar-refractivity contribution in [3.8, 4) is 0 Å². The Kier molecular flexibility index (Phi) is 12.7. The number of likely N-dealkylation sites (N-methyl/N-ethyl adjacent to an activating group) is 1. The zero-order valence-corrected chi connectivity index (χ0v) is 27.3. The van der Waals surface area contributed by atoms with Gasteiger partial charge in [0.1, 0.15) is 12.1 Å². The van der Waals surface area contributed by atoms with Crippen LogP contribution in [0.2, 0.25) is 0 Å². The van der Waals surface area contributed by atoms with E-state index in [1.165, 1.54) is 0 Å².